The lowest BCUT2D eigenvalue weighted by Crippen LogP contribution is -2.60. The smallest absolute Gasteiger partial charge is 0.311 e. The maximum Gasteiger partial charge on any atom is 0.311 e. The third-order valence-electron chi connectivity index (χ3n) is 12.3. The van der Waals surface area contributed by atoms with Crippen molar-refractivity contribution in [1.29, 1.82) is 0 Å². The second-order valence-electron chi connectivity index (χ2n) is 17.0. The maximum absolute atomic E-state index is 14.8. The summed E-state index contributed by atoms with van der Waals surface area (Å²) < 4.78 is 40.2. The van der Waals surface area contributed by atoms with Gasteiger partial charge in [-0.3, -0.25) is 28.7 Å². The van der Waals surface area contributed by atoms with Crippen molar-refractivity contribution in [1.82, 2.24) is 30.1 Å². The molecule has 5 amide bonds. The Hall–Kier alpha value is -4.93. The standard InChI is InChI=1S/C40H53N7O9S/c1-23-9-7-8-10-25-21-40(25,38(52)44-57(53,54)39(3)14-15-39)43-33(48)30-20-26(22-47(30)36(50)31(24(2)19-23)42-34(49)37(51)45(4)5)56-35-28-11-12-29-32(27(28)13-16-41-35)55-18-17-46(29)6/h8,10-13,16,23-26,30-31H,7,9,14-15,17-22H2,1-6H3,(H,42,49)(H,43,48)(H,44,52). The highest BCUT2D eigenvalue weighted by atomic mass is 32.2. The fraction of sp³-hybridized carbons (Fsp3) is 0.600. The molecule has 0 radical (unpaired) electrons. The summed E-state index contributed by atoms with van der Waals surface area (Å²) in [5.41, 5.74) is -0.636. The molecule has 7 unspecified atom stereocenters. The zero-order valence-electron chi connectivity index (χ0n) is 33.4. The van der Waals surface area contributed by atoms with Crippen LogP contribution in [0.2, 0.25) is 0 Å². The summed E-state index contributed by atoms with van der Waals surface area (Å²) in [4.78, 5) is 78.4. The number of rotatable bonds is 6. The molecule has 7 atom stereocenters. The van der Waals surface area contributed by atoms with Crippen molar-refractivity contribution in [3.05, 3.63) is 36.5 Å². The van der Waals surface area contributed by atoms with Crippen LogP contribution in [-0.4, -0.2) is 122 Å². The van der Waals surface area contributed by atoms with Gasteiger partial charge >= 0.3 is 11.8 Å². The van der Waals surface area contributed by atoms with Crippen molar-refractivity contribution in [2.45, 2.75) is 94.2 Å². The molecule has 3 N–H and O–H groups in total. The number of hydrogen-bond acceptors (Lipinski definition) is 11. The van der Waals surface area contributed by atoms with Crippen LogP contribution in [0.4, 0.5) is 5.69 Å². The Morgan fingerprint density at radius 1 is 1.09 bits per heavy atom. The summed E-state index contributed by atoms with van der Waals surface area (Å²) in [6.07, 6.45) is 7.54. The van der Waals surface area contributed by atoms with Crippen molar-refractivity contribution in [3.8, 4) is 11.6 Å². The molecule has 2 aromatic rings. The third kappa shape index (κ3) is 7.74. The zero-order chi connectivity index (χ0) is 41.0. The van der Waals surface area contributed by atoms with Crippen molar-refractivity contribution in [2.24, 2.45) is 17.8 Å². The van der Waals surface area contributed by atoms with E-state index < -0.39 is 79.9 Å². The van der Waals surface area contributed by atoms with Crippen LogP contribution in [0.5, 0.6) is 11.6 Å². The van der Waals surface area contributed by atoms with Gasteiger partial charge in [0.1, 0.15) is 30.3 Å². The number of pyridine rings is 1. The number of allylic oxidation sites excluding steroid dienone is 1. The number of hydrogen-bond donors (Lipinski definition) is 3. The molecule has 0 bridgehead atoms. The van der Waals surface area contributed by atoms with Crippen LogP contribution in [0, 0.1) is 17.8 Å². The van der Waals surface area contributed by atoms with E-state index in [1.165, 1.54) is 19.0 Å². The number of carbonyl (C=O) groups is 5. The molecule has 3 fully saturated rings. The van der Waals surface area contributed by atoms with Crippen molar-refractivity contribution in [2.75, 3.05) is 45.7 Å². The molecule has 0 spiro atoms. The number of anilines is 1. The Balaban J connectivity index is 1.23. The second kappa shape index (κ2) is 15.1. The SMILES string of the molecule is CC1CCC=CC2CC2(C(=O)NS(=O)(=O)C2(C)CC2)NC(=O)C2CC(Oc3nccc4c5c(ccc34)N(C)CCO5)CN2C(=O)C(NC(=O)C(=O)N(C)C)C(C)C1. The van der Waals surface area contributed by atoms with E-state index in [2.05, 4.69) is 25.2 Å². The number of likely N-dealkylation sites (N-methyl/N-ethyl adjacent to an activating group) is 2. The normalized spacial score (nSPS) is 29.6. The van der Waals surface area contributed by atoms with Gasteiger partial charge in [-0.15, -0.1) is 0 Å². The van der Waals surface area contributed by atoms with Gasteiger partial charge in [0, 0.05) is 50.5 Å². The van der Waals surface area contributed by atoms with Crippen LogP contribution in [0.1, 0.15) is 65.7 Å². The van der Waals surface area contributed by atoms with Crippen LogP contribution >= 0.6 is 0 Å². The molecule has 16 nitrogen and oxygen atoms in total. The number of sulfonamides is 1. The highest BCUT2D eigenvalue weighted by molar-refractivity contribution is 7.91. The van der Waals surface area contributed by atoms with E-state index in [0.717, 1.165) is 28.9 Å². The fourth-order valence-electron chi connectivity index (χ4n) is 8.30. The van der Waals surface area contributed by atoms with Crippen LogP contribution < -0.4 is 29.7 Å². The molecule has 2 saturated carbocycles. The van der Waals surface area contributed by atoms with Gasteiger partial charge < -0.3 is 34.8 Å². The first kappa shape index (κ1) is 40.3. The van der Waals surface area contributed by atoms with Gasteiger partial charge in [-0.2, -0.15) is 0 Å². The lowest BCUT2D eigenvalue weighted by atomic mass is 9.87. The molecule has 7 rings (SSSR count). The van der Waals surface area contributed by atoms with Gasteiger partial charge in [-0.05, 0) is 75.5 Å². The molecular weight excluding hydrogens is 755 g/mol. The molecule has 3 aliphatic heterocycles. The molecule has 308 valence electrons. The average molecular weight is 808 g/mol. The van der Waals surface area contributed by atoms with Crippen molar-refractivity contribution >= 4 is 56.0 Å². The lowest BCUT2D eigenvalue weighted by Gasteiger charge is -2.33. The largest absolute Gasteiger partial charge is 0.489 e. The minimum Gasteiger partial charge on any atom is -0.489 e. The Morgan fingerprint density at radius 3 is 2.56 bits per heavy atom. The molecule has 57 heavy (non-hydrogen) atoms. The number of ether oxygens (including phenoxy) is 2. The van der Waals surface area contributed by atoms with Gasteiger partial charge in [0.15, 0.2) is 5.75 Å². The second-order valence-corrected chi connectivity index (χ2v) is 19.2. The van der Waals surface area contributed by atoms with E-state index in [1.54, 1.807) is 13.1 Å². The highest BCUT2D eigenvalue weighted by Crippen LogP contribution is 2.48. The topological polar surface area (TPSA) is 197 Å². The van der Waals surface area contributed by atoms with Crippen LogP contribution in [-0.2, 0) is 34.0 Å². The fourth-order valence-corrected chi connectivity index (χ4v) is 9.61. The predicted molar refractivity (Wildman–Crippen MR) is 211 cm³/mol. The first-order chi connectivity index (χ1) is 26.9. The number of aromatic nitrogens is 1. The summed E-state index contributed by atoms with van der Waals surface area (Å²) in [7, 11) is 0.848. The maximum atomic E-state index is 14.8. The number of fused-ring (bicyclic) bond motifs is 5. The number of amides is 5. The van der Waals surface area contributed by atoms with E-state index in [1.807, 2.05) is 51.2 Å². The van der Waals surface area contributed by atoms with E-state index in [9.17, 15) is 32.4 Å². The predicted octanol–water partition coefficient (Wildman–Crippen LogP) is 1.87. The molecular formula is C40H53N7O9S. The Kier molecular flexibility index (Phi) is 10.7. The molecule has 1 aromatic heterocycles. The summed E-state index contributed by atoms with van der Waals surface area (Å²) in [5.74, 6) is -3.70. The van der Waals surface area contributed by atoms with Gasteiger partial charge in [0.25, 0.3) is 5.91 Å². The quantitative estimate of drug-likeness (QED) is 0.285. The van der Waals surface area contributed by atoms with Gasteiger partial charge in [0.05, 0.1) is 23.5 Å². The molecule has 1 saturated heterocycles. The molecule has 1 aromatic carbocycles. The summed E-state index contributed by atoms with van der Waals surface area (Å²) >= 11 is 0. The van der Waals surface area contributed by atoms with E-state index in [4.69, 9.17) is 9.47 Å². The minimum atomic E-state index is -4.02. The minimum absolute atomic E-state index is 0.00350. The van der Waals surface area contributed by atoms with Crippen LogP contribution in [0.3, 0.4) is 0 Å². The van der Waals surface area contributed by atoms with E-state index >= 15 is 0 Å². The summed E-state index contributed by atoms with van der Waals surface area (Å²) in [5, 5.41) is 7.03. The van der Waals surface area contributed by atoms with E-state index in [-0.39, 0.29) is 31.2 Å². The monoisotopic (exact) mass is 807 g/mol. The number of carbonyl (C=O) groups excluding carboxylic acids is 5. The van der Waals surface area contributed by atoms with Crippen LogP contribution in [0.25, 0.3) is 10.8 Å². The highest BCUT2D eigenvalue weighted by Gasteiger charge is 2.63. The Morgan fingerprint density at radius 2 is 1.84 bits per heavy atom. The Labute approximate surface area is 333 Å². The first-order valence-corrected chi connectivity index (χ1v) is 21.2. The number of nitrogens with one attached hydrogen (secondary N) is 3. The molecule has 2 aliphatic carbocycles. The van der Waals surface area contributed by atoms with Gasteiger partial charge in [-0.25, -0.2) is 13.4 Å². The Bertz CT molecular complexity index is 2120. The van der Waals surface area contributed by atoms with Gasteiger partial charge in [-0.1, -0.05) is 26.0 Å². The third-order valence-corrected chi connectivity index (χ3v) is 14.5. The number of benzene rings is 1. The number of nitrogens with zero attached hydrogens (tertiary/aromatic N) is 4. The van der Waals surface area contributed by atoms with Gasteiger partial charge in [0.2, 0.25) is 27.7 Å². The molecule has 5 aliphatic rings. The lowest BCUT2D eigenvalue weighted by molar-refractivity contribution is -0.148. The van der Waals surface area contributed by atoms with Crippen molar-refractivity contribution < 1.29 is 41.9 Å². The van der Waals surface area contributed by atoms with E-state index in [0.29, 0.717) is 43.4 Å². The molecule has 4 heterocycles. The molecule has 17 heteroatoms. The van der Waals surface area contributed by atoms with Crippen molar-refractivity contribution in [3.63, 3.8) is 0 Å². The summed E-state index contributed by atoms with van der Waals surface area (Å²) in [6.45, 7) is 6.62. The first-order valence-electron chi connectivity index (χ1n) is 19.7. The average Bonchev–Trinajstić information content (AvgIpc) is 4.05. The zero-order valence-corrected chi connectivity index (χ0v) is 34.2. The van der Waals surface area contributed by atoms with Crippen LogP contribution in [0.15, 0.2) is 36.5 Å². The summed E-state index contributed by atoms with van der Waals surface area (Å²) in [6, 6.07) is 3.30.